The normalized spacial score (nSPS) is 14.9. The van der Waals surface area contributed by atoms with Crippen LogP contribution in [-0.2, 0) is 18.2 Å². The molecule has 2 N–H and O–H groups in total. The maximum atomic E-state index is 5.97. The van der Waals surface area contributed by atoms with Crippen LogP contribution in [0.25, 0.3) is 22.3 Å². The molecule has 35 heavy (non-hydrogen) atoms. The van der Waals surface area contributed by atoms with E-state index in [0.29, 0.717) is 12.5 Å². The summed E-state index contributed by atoms with van der Waals surface area (Å²) in [4.78, 5) is 11.3. The Morgan fingerprint density at radius 1 is 1.26 bits per heavy atom. The van der Waals surface area contributed by atoms with Crippen molar-refractivity contribution < 1.29 is 4.74 Å². The number of imidazole rings is 1. The van der Waals surface area contributed by atoms with Crippen LogP contribution in [0.5, 0.6) is 0 Å². The number of nitrogens with zero attached hydrogens (tertiary/aromatic N) is 6. The van der Waals surface area contributed by atoms with Crippen LogP contribution in [0.4, 0.5) is 0 Å². The second-order valence-electron chi connectivity index (χ2n) is 9.55. The maximum absolute atomic E-state index is 5.97. The Labute approximate surface area is 212 Å². The van der Waals surface area contributed by atoms with Crippen molar-refractivity contribution in [2.75, 3.05) is 40.4 Å². The Kier molecular flexibility index (Phi) is 8.10. The fraction of sp³-hybridized carbons (Fsp3) is 0.462. The van der Waals surface area contributed by atoms with E-state index < -0.39 is 0 Å². The van der Waals surface area contributed by atoms with E-state index in [1.807, 2.05) is 38.1 Å². The number of aryl methyl sites for hydroxylation is 2. The molecule has 3 heterocycles. The monoisotopic (exact) mass is 493 g/mol. The number of pyridine rings is 1. The molecule has 1 aliphatic heterocycles. The molecule has 1 saturated heterocycles. The minimum Gasteiger partial charge on any atom is -0.381 e. The predicted molar refractivity (Wildman–Crippen MR) is 146 cm³/mol. The van der Waals surface area contributed by atoms with Gasteiger partial charge < -0.3 is 19.9 Å². The summed E-state index contributed by atoms with van der Waals surface area (Å²) < 4.78 is 7.53. The molecule has 0 atom stereocenters. The average Bonchev–Trinajstić information content (AvgIpc) is 3.25. The fourth-order valence-corrected chi connectivity index (χ4v) is 4.56. The zero-order valence-corrected chi connectivity index (χ0v) is 21.9. The lowest BCUT2D eigenvalue weighted by atomic mass is 9.89. The number of thiocarbonyl (C=S) groups is 1. The molecule has 0 bridgehead atoms. The zero-order valence-electron chi connectivity index (χ0n) is 21.1. The molecule has 0 unspecified atom stereocenters. The molecule has 186 valence electrons. The lowest BCUT2D eigenvalue weighted by molar-refractivity contribution is 0.0665. The largest absolute Gasteiger partial charge is 0.381 e. The molecule has 8 nitrogen and oxygen atoms in total. The van der Waals surface area contributed by atoms with Crippen molar-refractivity contribution >= 4 is 34.4 Å². The summed E-state index contributed by atoms with van der Waals surface area (Å²) in [5.41, 5.74) is 12.3. The van der Waals surface area contributed by atoms with Crippen LogP contribution in [0.15, 0.2) is 35.8 Å². The van der Waals surface area contributed by atoms with Gasteiger partial charge in [-0.05, 0) is 87.7 Å². The maximum Gasteiger partial charge on any atom is 0.187 e. The molecule has 0 saturated carbocycles. The number of ether oxygens (including phenoxy) is 1. The van der Waals surface area contributed by atoms with Crippen molar-refractivity contribution in [2.45, 2.75) is 26.2 Å². The second kappa shape index (κ2) is 11.2. The Morgan fingerprint density at radius 3 is 2.69 bits per heavy atom. The molecular formula is C26H35N7OS. The topological polar surface area (TPSA) is 84.8 Å². The fourth-order valence-electron chi connectivity index (χ4n) is 4.42. The number of hydrazone groups is 1. The molecule has 2 aromatic heterocycles. The van der Waals surface area contributed by atoms with Gasteiger partial charge in [-0.1, -0.05) is 0 Å². The van der Waals surface area contributed by atoms with Crippen LogP contribution in [-0.4, -0.2) is 76.2 Å². The van der Waals surface area contributed by atoms with Crippen LogP contribution in [0.1, 0.15) is 29.5 Å². The van der Waals surface area contributed by atoms with Crippen molar-refractivity contribution in [2.24, 2.45) is 23.8 Å². The number of benzene rings is 1. The van der Waals surface area contributed by atoms with Crippen molar-refractivity contribution in [1.82, 2.24) is 24.4 Å². The SMILES string of the molecule is Cc1cc2nc(-c3cncn3C)cc(/C=N/N(CCN(C)C)C(N)=S)c2cc1CC1CCOCC1. The Bertz CT molecular complexity index is 1210. The molecule has 1 fully saturated rings. The average molecular weight is 494 g/mol. The number of aromatic nitrogens is 3. The van der Waals surface area contributed by atoms with E-state index >= 15 is 0 Å². The highest BCUT2D eigenvalue weighted by Gasteiger charge is 2.17. The first-order valence-corrected chi connectivity index (χ1v) is 12.5. The molecule has 0 spiro atoms. The van der Waals surface area contributed by atoms with E-state index in [-0.39, 0.29) is 5.11 Å². The Balaban J connectivity index is 1.77. The summed E-state index contributed by atoms with van der Waals surface area (Å²) in [5, 5.41) is 7.67. The molecule has 1 aromatic carbocycles. The van der Waals surface area contributed by atoms with E-state index in [4.69, 9.17) is 27.7 Å². The van der Waals surface area contributed by atoms with Gasteiger partial charge in [0.05, 0.1) is 42.2 Å². The lowest BCUT2D eigenvalue weighted by Gasteiger charge is -2.23. The standard InChI is InChI=1S/C26H35N7OS/c1-18-11-23-22(13-20(18)12-19-5-9-34-10-6-19)21(14-24(30-23)25-16-28-17-32(25)4)15-29-33(26(27)35)8-7-31(2)3/h11,13-17,19H,5-10,12H2,1-4H3,(H2,27,35)/b29-15+. The smallest absolute Gasteiger partial charge is 0.187 e. The Hall–Kier alpha value is -2.88. The highest BCUT2D eigenvalue weighted by atomic mass is 32.1. The summed E-state index contributed by atoms with van der Waals surface area (Å²) in [7, 11) is 6.00. The van der Waals surface area contributed by atoms with Crippen LogP contribution in [0.3, 0.4) is 0 Å². The van der Waals surface area contributed by atoms with Crippen LogP contribution >= 0.6 is 12.2 Å². The number of nitrogens with two attached hydrogens (primary N) is 1. The van der Waals surface area contributed by atoms with E-state index in [0.717, 1.165) is 66.9 Å². The summed E-state index contributed by atoms with van der Waals surface area (Å²) in [6, 6.07) is 6.55. The zero-order chi connectivity index (χ0) is 24.9. The van der Waals surface area contributed by atoms with Gasteiger partial charge in [0.15, 0.2) is 5.11 Å². The van der Waals surface area contributed by atoms with Crippen molar-refractivity contribution in [3.63, 3.8) is 0 Å². The van der Waals surface area contributed by atoms with Crippen molar-refractivity contribution in [3.8, 4) is 11.4 Å². The first-order valence-electron chi connectivity index (χ1n) is 12.1. The van der Waals surface area contributed by atoms with E-state index in [1.54, 1.807) is 11.3 Å². The molecule has 9 heteroatoms. The second-order valence-corrected chi connectivity index (χ2v) is 9.97. The molecule has 4 rings (SSSR count). The van der Waals surface area contributed by atoms with Gasteiger partial charge in [-0.3, -0.25) is 0 Å². The van der Waals surface area contributed by atoms with E-state index in [2.05, 4.69) is 40.1 Å². The third-order valence-electron chi connectivity index (χ3n) is 6.58. The molecule has 0 aliphatic carbocycles. The molecule has 3 aromatic rings. The predicted octanol–water partition coefficient (Wildman–Crippen LogP) is 3.35. The van der Waals surface area contributed by atoms with Gasteiger partial charge in [-0.15, -0.1) is 0 Å². The number of hydrogen-bond donors (Lipinski definition) is 1. The molecule has 0 radical (unpaired) electrons. The first kappa shape index (κ1) is 25.2. The van der Waals surface area contributed by atoms with Gasteiger partial charge in [0, 0.05) is 37.8 Å². The molecule has 1 aliphatic rings. The highest BCUT2D eigenvalue weighted by Crippen LogP contribution is 2.29. The molecule has 0 amide bonds. The van der Waals surface area contributed by atoms with Gasteiger partial charge in [0.2, 0.25) is 0 Å². The van der Waals surface area contributed by atoms with E-state index in [9.17, 15) is 0 Å². The summed E-state index contributed by atoms with van der Waals surface area (Å²) in [6.07, 6.45) is 8.74. The summed E-state index contributed by atoms with van der Waals surface area (Å²) in [6.45, 7) is 5.29. The minimum absolute atomic E-state index is 0.254. The number of hydrogen-bond acceptors (Lipinski definition) is 6. The van der Waals surface area contributed by atoms with Crippen LogP contribution in [0.2, 0.25) is 0 Å². The van der Waals surface area contributed by atoms with E-state index in [1.165, 1.54) is 11.1 Å². The van der Waals surface area contributed by atoms with Crippen molar-refractivity contribution in [1.29, 1.82) is 0 Å². The van der Waals surface area contributed by atoms with Crippen molar-refractivity contribution in [3.05, 3.63) is 47.4 Å². The first-order chi connectivity index (χ1) is 16.8. The lowest BCUT2D eigenvalue weighted by Crippen LogP contribution is -2.36. The van der Waals surface area contributed by atoms with Gasteiger partial charge in [0.1, 0.15) is 0 Å². The third-order valence-corrected chi connectivity index (χ3v) is 6.79. The van der Waals surface area contributed by atoms with Crippen LogP contribution in [0, 0.1) is 12.8 Å². The van der Waals surface area contributed by atoms with Gasteiger partial charge in [-0.2, -0.15) is 5.10 Å². The number of likely N-dealkylation sites (N-methyl/N-ethyl adjacent to an activating group) is 1. The minimum atomic E-state index is 0.254. The van der Waals surface area contributed by atoms with Gasteiger partial charge in [0.25, 0.3) is 0 Å². The van der Waals surface area contributed by atoms with Gasteiger partial charge >= 0.3 is 0 Å². The summed E-state index contributed by atoms with van der Waals surface area (Å²) >= 11 is 5.25. The summed E-state index contributed by atoms with van der Waals surface area (Å²) in [5.74, 6) is 0.648. The molecular weight excluding hydrogens is 458 g/mol. The third kappa shape index (κ3) is 6.22. The quantitative estimate of drug-likeness (QED) is 0.293. The Morgan fingerprint density at radius 2 is 2.03 bits per heavy atom. The highest BCUT2D eigenvalue weighted by molar-refractivity contribution is 7.80. The number of rotatable bonds is 8. The van der Waals surface area contributed by atoms with Gasteiger partial charge in [-0.25, -0.2) is 15.0 Å². The van der Waals surface area contributed by atoms with Crippen LogP contribution < -0.4 is 5.73 Å². The number of fused-ring (bicyclic) bond motifs is 1.